The first-order valence-corrected chi connectivity index (χ1v) is 11.4. The summed E-state index contributed by atoms with van der Waals surface area (Å²) in [5.41, 5.74) is 3.14. The van der Waals surface area contributed by atoms with Gasteiger partial charge in [0.2, 0.25) is 6.17 Å². The molecule has 1 amide bonds. The van der Waals surface area contributed by atoms with E-state index in [0.717, 1.165) is 49.7 Å². The molecule has 4 rings (SSSR count). The number of hydrogen-bond donors (Lipinski definition) is 2. The minimum atomic E-state index is -0.857. The van der Waals surface area contributed by atoms with Crippen molar-refractivity contribution in [3.63, 3.8) is 0 Å². The molecule has 1 atom stereocenters. The van der Waals surface area contributed by atoms with Crippen LogP contribution in [0.4, 0.5) is 5.69 Å². The molecule has 2 aromatic carbocycles. The van der Waals surface area contributed by atoms with E-state index in [1.54, 1.807) is 18.0 Å². The van der Waals surface area contributed by atoms with Crippen molar-refractivity contribution in [1.29, 1.82) is 0 Å². The van der Waals surface area contributed by atoms with Gasteiger partial charge < -0.3 is 20.3 Å². The lowest BCUT2D eigenvalue weighted by atomic mass is 10.0. The van der Waals surface area contributed by atoms with Crippen LogP contribution in [0, 0.1) is 0 Å². The number of rotatable bonds is 5. The number of likely N-dealkylation sites (N-methyl/N-ethyl adjacent to an activating group) is 1. The molecule has 1 fully saturated rings. The van der Waals surface area contributed by atoms with Gasteiger partial charge in [0.05, 0.1) is 24.6 Å². The van der Waals surface area contributed by atoms with Gasteiger partial charge in [0, 0.05) is 49.4 Å². The summed E-state index contributed by atoms with van der Waals surface area (Å²) in [5, 5.41) is 7.26. The van der Waals surface area contributed by atoms with Crippen LogP contribution in [0.15, 0.2) is 53.5 Å². The maximum absolute atomic E-state index is 13.2. The molecule has 1 saturated heterocycles. The molecule has 0 bridgehead atoms. The fourth-order valence-corrected chi connectivity index (χ4v) is 4.18. The maximum Gasteiger partial charge on any atom is 0.272 e. The number of ether oxygens (including phenoxy) is 1. The summed E-state index contributed by atoms with van der Waals surface area (Å²) < 4.78 is 5.38. The van der Waals surface area contributed by atoms with Crippen LogP contribution in [-0.4, -0.2) is 74.2 Å². The number of nitrogens with zero attached hydrogens (tertiary/aromatic N) is 3. The van der Waals surface area contributed by atoms with Gasteiger partial charge in [-0.25, -0.2) is 4.99 Å². The first-order chi connectivity index (χ1) is 15.5. The largest absolute Gasteiger partial charge is 0.379 e. The summed E-state index contributed by atoms with van der Waals surface area (Å²) in [6, 6.07) is 15.2. The number of halogens is 1. The summed E-state index contributed by atoms with van der Waals surface area (Å²) in [4.78, 5) is 22.0. The van der Waals surface area contributed by atoms with Crippen molar-refractivity contribution in [2.75, 3.05) is 51.3 Å². The molecule has 7 nitrogen and oxygen atoms in total. The third-order valence-corrected chi connectivity index (χ3v) is 6.03. The van der Waals surface area contributed by atoms with Gasteiger partial charge in [-0.15, -0.1) is 0 Å². The smallest absolute Gasteiger partial charge is 0.272 e. The monoisotopic (exact) mass is 471 g/mol. The van der Waals surface area contributed by atoms with Gasteiger partial charge in [0.25, 0.3) is 5.91 Å². The van der Waals surface area contributed by atoms with Gasteiger partial charge in [-0.2, -0.15) is 0 Å². The highest BCUT2D eigenvalue weighted by molar-refractivity contribution is 7.80. The molecule has 0 saturated carbocycles. The van der Waals surface area contributed by atoms with E-state index in [0.29, 0.717) is 22.4 Å². The number of fused-ring (bicyclic) bond motifs is 1. The molecule has 168 valence electrons. The molecule has 2 N–H and O–H groups in total. The fourth-order valence-electron chi connectivity index (χ4n) is 3.79. The quantitative estimate of drug-likeness (QED) is 0.652. The number of carbonyl (C=O) groups is 1. The standard InChI is InChI=1S/C23H26ClN5O2S/c1-28-19-8-7-17(24)15-18(19)20(16-5-3-2-4-6-16)26-21(22(28)30)27-23(32)25-9-10-29-11-13-31-14-12-29/h2-8,15,21H,9-14H2,1H3,(H2,25,27,32). The Kier molecular flexibility index (Phi) is 7.36. The van der Waals surface area contributed by atoms with Crippen molar-refractivity contribution in [2.24, 2.45) is 4.99 Å². The lowest BCUT2D eigenvalue weighted by Crippen LogP contribution is -2.50. The number of nitrogens with one attached hydrogen (secondary N) is 2. The number of benzene rings is 2. The first kappa shape index (κ1) is 22.7. The molecule has 0 aliphatic carbocycles. The van der Waals surface area contributed by atoms with Gasteiger partial charge in [0.1, 0.15) is 0 Å². The van der Waals surface area contributed by atoms with Gasteiger partial charge >= 0.3 is 0 Å². The average Bonchev–Trinajstić information content (AvgIpc) is 2.91. The number of carbonyl (C=O) groups excluding carboxylic acids is 1. The number of thiocarbonyl (C=S) groups is 1. The Morgan fingerprint density at radius 1 is 1.22 bits per heavy atom. The third-order valence-electron chi connectivity index (χ3n) is 5.53. The number of morpholine rings is 1. The highest BCUT2D eigenvalue weighted by atomic mass is 35.5. The summed E-state index contributed by atoms with van der Waals surface area (Å²) in [5.74, 6) is -0.197. The van der Waals surface area contributed by atoms with Crippen molar-refractivity contribution >= 4 is 46.2 Å². The summed E-state index contributed by atoms with van der Waals surface area (Å²) in [7, 11) is 1.74. The lowest BCUT2D eigenvalue weighted by molar-refractivity contribution is -0.119. The molecule has 2 heterocycles. The van der Waals surface area contributed by atoms with Crippen LogP contribution in [0.2, 0.25) is 5.02 Å². The van der Waals surface area contributed by atoms with Crippen LogP contribution in [0.3, 0.4) is 0 Å². The maximum atomic E-state index is 13.2. The minimum Gasteiger partial charge on any atom is -0.379 e. The minimum absolute atomic E-state index is 0.197. The second-order valence-electron chi connectivity index (χ2n) is 7.66. The Morgan fingerprint density at radius 2 is 1.97 bits per heavy atom. The van der Waals surface area contributed by atoms with Gasteiger partial charge in [-0.05, 0) is 30.4 Å². The van der Waals surface area contributed by atoms with Crippen LogP contribution in [-0.2, 0) is 9.53 Å². The van der Waals surface area contributed by atoms with Crippen molar-refractivity contribution in [3.05, 3.63) is 64.7 Å². The van der Waals surface area contributed by atoms with Gasteiger partial charge in [-0.3, -0.25) is 9.69 Å². The van der Waals surface area contributed by atoms with Crippen molar-refractivity contribution in [1.82, 2.24) is 15.5 Å². The number of hydrogen-bond acceptors (Lipinski definition) is 5. The summed E-state index contributed by atoms with van der Waals surface area (Å²) >= 11 is 11.8. The SMILES string of the molecule is CN1C(=O)C(NC(=S)NCCN2CCOCC2)N=C(c2ccccc2)c2cc(Cl)ccc21. The van der Waals surface area contributed by atoms with Gasteiger partial charge in [0.15, 0.2) is 5.11 Å². The molecule has 1 unspecified atom stereocenters. The summed E-state index contributed by atoms with van der Waals surface area (Å²) in [6.45, 7) is 4.87. The van der Waals surface area contributed by atoms with Crippen LogP contribution >= 0.6 is 23.8 Å². The van der Waals surface area contributed by atoms with E-state index in [1.807, 2.05) is 42.5 Å². The zero-order valence-corrected chi connectivity index (χ0v) is 19.5. The molecule has 2 aliphatic heterocycles. The second kappa shape index (κ2) is 10.4. The molecular formula is C23H26ClN5O2S. The molecular weight excluding hydrogens is 446 g/mol. The van der Waals surface area contributed by atoms with E-state index < -0.39 is 6.17 Å². The van der Waals surface area contributed by atoms with Crippen LogP contribution in [0.1, 0.15) is 11.1 Å². The molecule has 2 aromatic rings. The Morgan fingerprint density at radius 3 is 2.72 bits per heavy atom. The lowest BCUT2D eigenvalue weighted by Gasteiger charge is -2.27. The van der Waals surface area contributed by atoms with Crippen molar-refractivity contribution in [3.8, 4) is 0 Å². The fraction of sp³-hybridized carbons (Fsp3) is 0.348. The molecule has 0 aromatic heterocycles. The number of aliphatic imine (C=N–C) groups is 1. The molecule has 2 aliphatic rings. The number of anilines is 1. The van der Waals surface area contributed by atoms with Crippen molar-refractivity contribution in [2.45, 2.75) is 6.17 Å². The highest BCUT2D eigenvalue weighted by Crippen LogP contribution is 2.29. The Hall–Kier alpha value is -2.52. The molecule has 0 spiro atoms. The molecule has 32 heavy (non-hydrogen) atoms. The number of amides is 1. The van der Waals surface area contributed by atoms with Gasteiger partial charge in [-0.1, -0.05) is 41.9 Å². The van der Waals surface area contributed by atoms with Crippen LogP contribution in [0.5, 0.6) is 0 Å². The van der Waals surface area contributed by atoms with E-state index >= 15 is 0 Å². The predicted octanol–water partition coefficient (Wildman–Crippen LogP) is 2.28. The van der Waals surface area contributed by atoms with Crippen LogP contribution in [0.25, 0.3) is 0 Å². The van der Waals surface area contributed by atoms with E-state index in [2.05, 4.69) is 15.5 Å². The average molecular weight is 472 g/mol. The van der Waals surface area contributed by atoms with E-state index in [-0.39, 0.29) is 5.91 Å². The normalized spacial score (nSPS) is 19.1. The number of benzodiazepines with no additional fused rings is 1. The van der Waals surface area contributed by atoms with Crippen LogP contribution < -0.4 is 15.5 Å². The Bertz CT molecular complexity index is 1010. The van der Waals surface area contributed by atoms with E-state index in [4.69, 9.17) is 33.5 Å². The Balaban J connectivity index is 1.54. The summed E-state index contributed by atoms with van der Waals surface area (Å²) in [6.07, 6.45) is -0.857. The zero-order chi connectivity index (χ0) is 22.5. The topological polar surface area (TPSA) is 69.2 Å². The zero-order valence-electron chi connectivity index (χ0n) is 17.9. The van der Waals surface area contributed by atoms with Crippen molar-refractivity contribution < 1.29 is 9.53 Å². The second-order valence-corrected chi connectivity index (χ2v) is 8.50. The first-order valence-electron chi connectivity index (χ1n) is 10.6. The Labute approximate surface area is 198 Å². The highest BCUT2D eigenvalue weighted by Gasteiger charge is 2.30. The predicted molar refractivity (Wildman–Crippen MR) is 132 cm³/mol. The third kappa shape index (κ3) is 5.27. The molecule has 0 radical (unpaired) electrons. The van der Waals surface area contributed by atoms with E-state index in [1.165, 1.54) is 0 Å². The van der Waals surface area contributed by atoms with E-state index in [9.17, 15) is 4.79 Å². The molecule has 9 heteroatoms.